The highest BCUT2D eigenvalue weighted by Crippen LogP contribution is 2.30. The number of aryl methyl sites for hydroxylation is 1. The molecular weight excluding hydrogens is 340 g/mol. The van der Waals surface area contributed by atoms with Gasteiger partial charge in [0.05, 0.1) is 13.7 Å². The van der Waals surface area contributed by atoms with Crippen molar-refractivity contribution in [3.05, 3.63) is 47.5 Å². The molecule has 146 valence electrons. The van der Waals surface area contributed by atoms with Crippen LogP contribution in [0.25, 0.3) is 0 Å². The van der Waals surface area contributed by atoms with Crippen LogP contribution in [0.15, 0.2) is 41.4 Å². The van der Waals surface area contributed by atoms with E-state index >= 15 is 0 Å². The van der Waals surface area contributed by atoms with Crippen molar-refractivity contribution in [1.82, 2.24) is 5.32 Å². The van der Waals surface area contributed by atoms with E-state index in [1.807, 2.05) is 39.2 Å². The molecule has 0 radical (unpaired) electrons. The van der Waals surface area contributed by atoms with Crippen LogP contribution in [-0.4, -0.2) is 40.8 Å². The van der Waals surface area contributed by atoms with Gasteiger partial charge in [0.1, 0.15) is 0 Å². The second-order valence-electron chi connectivity index (χ2n) is 6.35. The first-order valence-electron chi connectivity index (χ1n) is 9.03. The molecule has 0 aliphatic carbocycles. The van der Waals surface area contributed by atoms with E-state index in [2.05, 4.69) is 45.6 Å². The van der Waals surface area contributed by atoms with Crippen LogP contribution in [0.5, 0.6) is 11.5 Å². The molecule has 2 aromatic carbocycles. The molecule has 0 aromatic heterocycles. The van der Waals surface area contributed by atoms with Crippen LogP contribution in [0.3, 0.4) is 0 Å². The van der Waals surface area contributed by atoms with Crippen LogP contribution < -0.4 is 25.0 Å². The lowest BCUT2D eigenvalue weighted by molar-refractivity contribution is 0.311. The summed E-state index contributed by atoms with van der Waals surface area (Å²) in [4.78, 5) is 6.41. The number of nitrogens with one attached hydrogen (secondary N) is 2. The first kappa shape index (κ1) is 20.4. The number of nitrogens with zero attached hydrogens (tertiary/aromatic N) is 2. The fourth-order valence-corrected chi connectivity index (χ4v) is 2.67. The number of rotatable bonds is 7. The maximum Gasteiger partial charge on any atom is 0.195 e. The molecule has 0 atom stereocenters. The number of hydrogen-bond donors (Lipinski definition) is 2. The predicted molar refractivity (Wildman–Crippen MR) is 113 cm³/mol. The number of ether oxygens (including phenoxy) is 2. The van der Waals surface area contributed by atoms with E-state index in [0.29, 0.717) is 30.6 Å². The molecule has 0 bridgehead atoms. The van der Waals surface area contributed by atoms with Gasteiger partial charge in [-0.15, -0.1) is 0 Å². The van der Waals surface area contributed by atoms with Crippen LogP contribution in [0.4, 0.5) is 11.4 Å². The molecule has 0 saturated heterocycles. The summed E-state index contributed by atoms with van der Waals surface area (Å²) in [5, 5.41) is 6.65. The smallest absolute Gasteiger partial charge is 0.195 e. The van der Waals surface area contributed by atoms with Crippen molar-refractivity contribution in [3.63, 3.8) is 0 Å². The van der Waals surface area contributed by atoms with Crippen molar-refractivity contribution in [2.24, 2.45) is 4.99 Å². The standard InChI is InChI=1S/C21H30N4O2/c1-7-27-20-13-17(9-11-19(20)26-6)24-21(22-3)23-14-16-8-10-18(25(4)5)12-15(16)2/h8-13H,7,14H2,1-6H3,(H2,22,23,24). The minimum atomic E-state index is 0.578. The molecule has 2 N–H and O–H groups in total. The highest BCUT2D eigenvalue weighted by Gasteiger charge is 2.08. The number of anilines is 2. The Morgan fingerprint density at radius 3 is 2.48 bits per heavy atom. The molecule has 0 aliphatic heterocycles. The predicted octanol–water partition coefficient (Wildman–Crippen LogP) is 3.66. The molecule has 27 heavy (non-hydrogen) atoms. The number of benzene rings is 2. The number of hydrogen-bond acceptors (Lipinski definition) is 4. The van der Waals surface area contributed by atoms with Gasteiger partial charge in [-0.3, -0.25) is 4.99 Å². The molecular formula is C21H30N4O2. The lowest BCUT2D eigenvalue weighted by atomic mass is 10.1. The van der Waals surface area contributed by atoms with E-state index in [1.54, 1.807) is 14.2 Å². The molecule has 0 heterocycles. The zero-order chi connectivity index (χ0) is 19.8. The van der Waals surface area contributed by atoms with E-state index < -0.39 is 0 Å². The fourth-order valence-electron chi connectivity index (χ4n) is 2.67. The normalized spacial score (nSPS) is 11.1. The Hall–Kier alpha value is -2.89. The highest BCUT2D eigenvalue weighted by molar-refractivity contribution is 5.93. The summed E-state index contributed by atoms with van der Waals surface area (Å²) < 4.78 is 11.0. The summed E-state index contributed by atoms with van der Waals surface area (Å²) in [7, 11) is 7.48. The number of aliphatic imine (C=N–C) groups is 1. The third-order valence-electron chi connectivity index (χ3n) is 4.24. The zero-order valence-electron chi connectivity index (χ0n) is 17.1. The molecule has 0 amide bonds. The third-order valence-corrected chi connectivity index (χ3v) is 4.24. The number of methoxy groups -OCH3 is 1. The average Bonchev–Trinajstić information content (AvgIpc) is 2.66. The lowest BCUT2D eigenvalue weighted by Crippen LogP contribution is -2.30. The van der Waals surface area contributed by atoms with Crippen molar-refractivity contribution in [1.29, 1.82) is 0 Å². The van der Waals surface area contributed by atoms with Gasteiger partial charge in [0.15, 0.2) is 17.5 Å². The van der Waals surface area contributed by atoms with Crippen LogP contribution >= 0.6 is 0 Å². The van der Waals surface area contributed by atoms with Gasteiger partial charge in [0.2, 0.25) is 0 Å². The number of guanidine groups is 1. The Labute approximate surface area is 162 Å². The van der Waals surface area contributed by atoms with Gasteiger partial charge in [0.25, 0.3) is 0 Å². The molecule has 0 spiro atoms. The van der Waals surface area contributed by atoms with Gasteiger partial charge in [0, 0.05) is 45.1 Å². The Kier molecular flexibility index (Phi) is 7.34. The second kappa shape index (κ2) is 9.71. The average molecular weight is 370 g/mol. The lowest BCUT2D eigenvalue weighted by Gasteiger charge is -2.17. The Bertz CT molecular complexity index is 788. The maximum absolute atomic E-state index is 5.63. The summed E-state index contributed by atoms with van der Waals surface area (Å²) in [5.74, 6) is 2.11. The van der Waals surface area contributed by atoms with E-state index in [9.17, 15) is 0 Å². The first-order valence-corrected chi connectivity index (χ1v) is 9.03. The SMILES string of the molecule is CCOc1cc(NC(=NC)NCc2ccc(N(C)C)cc2C)ccc1OC. The van der Waals surface area contributed by atoms with Crippen LogP contribution in [0.2, 0.25) is 0 Å². The topological polar surface area (TPSA) is 58.1 Å². The molecule has 0 fully saturated rings. The van der Waals surface area contributed by atoms with Gasteiger partial charge in [-0.25, -0.2) is 0 Å². The molecule has 6 heteroatoms. The summed E-state index contributed by atoms with van der Waals surface area (Å²) in [6.07, 6.45) is 0. The first-order chi connectivity index (χ1) is 13.0. The highest BCUT2D eigenvalue weighted by atomic mass is 16.5. The van der Waals surface area contributed by atoms with E-state index in [1.165, 1.54) is 16.8 Å². The zero-order valence-corrected chi connectivity index (χ0v) is 17.1. The molecule has 0 saturated carbocycles. The van der Waals surface area contributed by atoms with Gasteiger partial charge in [-0.2, -0.15) is 0 Å². The molecule has 2 aromatic rings. The van der Waals surface area contributed by atoms with Crippen molar-refractivity contribution in [3.8, 4) is 11.5 Å². The Morgan fingerprint density at radius 1 is 1.11 bits per heavy atom. The monoisotopic (exact) mass is 370 g/mol. The Balaban J connectivity index is 2.05. The fraction of sp³-hybridized carbons (Fsp3) is 0.381. The molecule has 0 aliphatic rings. The Morgan fingerprint density at radius 2 is 1.89 bits per heavy atom. The minimum absolute atomic E-state index is 0.578. The van der Waals surface area contributed by atoms with Gasteiger partial charge < -0.3 is 25.0 Å². The van der Waals surface area contributed by atoms with E-state index in [-0.39, 0.29) is 0 Å². The van der Waals surface area contributed by atoms with Crippen molar-refractivity contribution < 1.29 is 9.47 Å². The van der Waals surface area contributed by atoms with Crippen molar-refractivity contribution in [2.75, 3.05) is 45.1 Å². The van der Waals surface area contributed by atoms with Gasteiger partial charge in [-0.05, 0) is 49.2 Å². The molecule has 0 unspecified atom stereocenters. The third kappa shape index (κ3) is 5.54. The molecule has 6 nitrogen and oxygen atoms in total. The minimum Gasteiger partial charge on any atom is -0.493 e. The van der Waals surface area contributed by atoms with E-state index in [0.717, 1.165) is 5.69 Å². The van der Waals surface area contributed by atoms with Crippen molar-refractivity contribution in [2.45, 2.75) is 20.4 Å². The quantitative estimate of drug-likeness (QED) is 0.575. The van der Waals surface area contributed by atoms with Crippen molar-refractivity contribution >= 4 is 17.3 Å². The van der Waals surface area contributed by atoms with Crippen LogP contribution in [0.1, 0.15) is 18.1 Å². The van der Waals surface area contributed by atoms with Crippen LogP contribution in [-0.2, 0) is 6.54 Å². The van der Waals surface area contributed by atoms with Crippen LogP contribution in [0, 0.1) is 6.92 Å². The van der Waals surface area contributed by atoms with Gasteiger partial charge in [-0.1, -0.05) is 6.07 Å². The van der Waals surface area contributed by atoms with Gasteiger partial charge >= 0.3 is 0 Å². The summed E-state index contributed by atoms with van der Waals surface area (Å²) in [5.41, 5.74) is 4.55. The van der Waals surface area contributed by atoms with E-state index in [4.69, 9.17) is 9.47 Å². The summed E-state index contributed by atoms with van der Waals surface area (Å²) >= 11 is 0. The summed E-state index contributed by atoms with van der Waals surface area (Å²) in [6, 6.07) is 12.2. The maximum atomic E-state index is 5.63. The second-order valence-corrected chi connectivity index (χ2v) is 6.35. The summed E-state index contributed by atoms with van der Waals surface area (Å²) in [6.45, 7) is 5.34. The largest absolute Gasteiger partial charge is 0.493 e. The molecule has 2 rings (SSSR count).